The van der Waals surface area contributed by atoms with E-state index in [-0.39, 0.29) is 10.8 Å². The van der Waals surface area contributed by atoms with Gasteiger partial charge >= 0.3 is 0 Å². The second-order valence-corrected chi connectivity index (χ2v) is 29.6. The highest BCUT2D eigenvalue weighted by atomic mass is 15.2. The molecule has 0 aliphatic rings. The van der Waals surface area contributed by atoms with Gasteiger partial charge in [-0.15, -0.1) is 0 Å². The molecule has 2 heterocycles. The molecule has 17 rings (SSSR count). The van der Waals surface area contributed by atoms with E-state index >= 15 is 0 Å². The molecule has 0 aliphatic carbocycles. The lowest BCUT2D eigenvalue weighted by molar-refractivity contribution is 0.458. The van der Waals surface area contributed by atoms with Gasteiger partial charge in [-0.1, -0.05) is 310 Å². The number of hydrogen-bond donors (Lipinski definition) is 0. The number of hydrogen-bond acceptors (Lipinski definition) is 2. The van der Waals surface area contributed by atoms with Crippen LogP contribution in [-0.4, -0.2) is 9.13 Å². The lowest BCUT2D eigenvalue weighted by Crippen LogP contribution is -2.19. The average molecular weight is 1340 g/mol. The SMILES string of the molecule is CCCCC(C)(C)c1ccc2c(N(c3ccc(-c4ccc(-c5ccccc5)cc4)cc3)c3cccc(-n4c5ccccc5c5ccccc54)c3)c3cc(C(C)(C)CCCC)ccc3c(N(c3ccc(-c4ccc(-c5ccccc5)cc4)cc3)c3cccc(-n4c5ccccc5c5ccccc54)c3)c2c1. The molecule has 506 valence electrons. The summed E-state index contributed by atoms with van der Waals surface area (Å²) in [6.07, 6.45) is 6.62. The van der Waals surface area contributed by atoms with Crippen LogP contribution in [0.25, 0.3) is 121 Å². The lowest BCUT2D eigenvalue weighted by Gasteiger charge is -2.35. The van der Waals surface area contributed by atoms with Gasteiger partial charge in [-0.25, -0.2) is 0 Å². The zero-order chi connectivity index (χ0) is 70.5. The van der Waals surface area contributed by atoms with Gasteiger partial charge in [0.1, 0.15) is 0 Å². The van der Waals surface area contributed by atoms with Gasteiger partial charge in [0.25, 0.3) is 0 Å². The fourth-order valence-electron chi connectivity index (χ4n) is 16.4. The van der Waals surface area contributed by atoms with Gasteiger partial charge in [0, 0.05) is 77.2 Å². The Labute approximate surface area is 612 Å². The molecule has 17 aromatic rings. The Bertz CT molecular complexity index is 5500. The number of aromatic nitrogens is 2. The molecular weight excluding hydrogens is 1260 g/mol. The van der Waals surface area contributed by atoms with Crippen molar-refractivity contribution in [3.8, 4) is 55.9 Å². The Morgan fingerprint density at radius 2 is 0.529 bits per heavy atom. The van der Waals surface area contributed by atoms with E-state index in [0.29, 0.717) is 0 Å². The first-order valence-electron chi connectivity index (χ1n) is 37.3. The Morgan fingerprint density at radius 1 is 0.240 bits per heavy atom. The van der Waals surface area contributed by atoms with Crippen molar-refractivity contribution in [2.75, 3.05) is 9.80 Å². The smallest absolute Gasteiger partial charge is 0.0620 e. The predicted octanol–water partition coefficient (Wildman–Crippen LogP) is 28.7. The molecular formula is C100H86N4. The van der Waals surface area contributed by atoms with Crippen LogP contribution >= 0.6 is 0 Å². The second-order valence-electron chi connectivity index (χ2n) is 29.6. The minimum atomic E-state index is -0.145. The molecule has 4 nitrogen and oxygen atoms in total. The molecule has 0 saturated heterocycles. The maximum Gasteiger partial charge on any atom is 0.0620 e. The highest BCUT2D eigenvalue weighted by Crippen LogP contribution is 2.54. The monoisotopic (exact) mass is 1340 g/mol. The molecule has 0 spiro atoms. The number of para-hydroxylation sites is 4. The molecule has 4 heteroatoms. The van der Waals surface area contributed by atoms with Crippen molar-refractivity contribution in [1.29, 1.82) is 0 Å². The van der Waals surface area contributed by atoms with Crippen molar-refractivity contribution in [1.82, 2.24) is 9.13 Å². The van der Waals surface area contributed by atoms with Gasteiger partial charge in [-0.2, -0.15) is 0 Å². The van der Waals surface area contributed by atoms with Gasteiger partial charge in [-0.3, -0.25) is 0 Å². The van der Waals surface area contributed by atoms with E-state index < -0.39 is 0 Å². The summed E-state index contributed by atoms with van der Waals surface area (Å²) in [6.45, 7) is 14.5. The zero-order valence-corrected chi connectivity index (χ0v) is 60.4. The first-order chi connectivity index (χ1) is 51.0. The van der Waals surface area contributed by atoms with E-state index in [1.54, 1.807) is 0 Å². The van der Waals surface area contributed by atoms with Crippen molar-refractivity contribution in [3.05, 3.63) is 351 Å². The molecule has 0 N–H and O–H groups in total. The highest BCUT2D eigenvalue weighted by Gasteiger charge is 2.31. The number of anilines is 6. The number of rotatable bonds is 20. The summed E-state index contributed by atoms with van der Waals surface area (Å²) in [5, 5.41) is 9.61. The highest BCUT2D eigenvalue weighted by molar-refractivity contribution is 6.24. The van der Waals surface area contributed by atoms with Crippen molar-refractivity contribution >= 4 is 99.3 Å². The molecule has 104 heavy (non-hydrogen) atoms. The van der Waals surface area contributed by atoms with Crippen LogP contribution in [0.3, 0.4) is 0 Å². The van der Waals surface area contributed by atoms with Gasteiger partial charge in [0.15, 0.2) is 0 Å². The summed E-state index contributed by atoms with van der Waals surface area (Å²) in [6, 6.07) is 127. The Morgan fingerprint density at radius 3 is 0.846 bits per heavy atom. The topological polar surface area (TPSA) is 16.3 Å². The standard InChI is InChI=1S/C100H86N4/c1-7-9-63-99(3,4)77-55-61-89-91(65-77)97(101(79-57-51-75(52-58-79)73-47-43-71(44-48-73)69-27-13-11-14-28-69)81-31-25-33-83(67-81)103-93-39-21-17-35-85(93)86-36-18-22-40-94(86)103)90-62-56-78(100(5,6)64-10-8-2)66-92(90)98(89)102(80-59-53-76(54-60-80)74-49-45-72(46-50-74)70-29-15-12-16-30-70)82-32-26-34-84(68-82)104-95-41-23-19-37-87(95)88-38-20-24-42-96(88)104/h11-62,65-68H,7-10,63-64H2,1-6H3. The first kappa shape index (κ1) is 65.3. The quantitative estimate of drug-likeness (QED) is 0.0559. The lowest BCUT2D eigenvalue weighted by atomic mass is 9.78. The van der Waals surface area contributed by atoms with Crippen LogP contribution in [0, 0.1) is 0 Å². The molecule has 0 atom stereocenters. The summed E-state index contributed by atoms with van der Waals surface area (Å²) < 4.78 is 4.92. The van der Waals surface area contributed by atoms with E-state index in [1.807, 2.05) is 0 Å². The number of unbranched alkanes of at least 4 members (excludes halogenated alkanes) is 2. The fourth-order valence-corrected chi connectivity index (χ4v) is 16.4. The number of fused-ring (bicyclic) bond motifs is 8. The van der Waals surface area contributed by atoms with Gasteiger partial charge in [0.05, 0.1) is 33.4 Å². The van der Waals surface area contributed by atoms with Gasteiger partial charge in [0.2, 0.25) is 0 Å². The maximum absolute atomic E-state index is 2.60. The maximum atomic E-state index is 2.60. The number of benzene rings is 15. The first-order valence-corrected chi connectivity index (χ1v) is 37.3. The summed E-state index contributed by atoms with van der Waals surface area (Å²) in [5.41, 5.74) is 25.2. The van der Waals surface area contributed by atoms with Crippen molar-refractivity contribution in [2.45, 2.75) is 90.9 Å². The van der Waals surface area contributed by atoms with Crippen LogP contribution in [0.15, 0.2) is 340 Å². The molecule has 2 aromatic heterocycles. The van der Waals surface area contributed by atoms with E-state index in [4.69, 9.17) is 0 Å². The van der Waals surface area contributed by atoms with Gasteiger partial charge in [-0.05, 0) is 176 Å². The van der Waals surface area contributed by atoms with Crippen molar-refractivity contribution < 1.29 is 0 Å². The third-order valence-corrected chi connectivity index (χ3v) is 22.1. The van der Waals surface area contributed by atoms with Crippen LogP contribution in [0.5, 0.6) is 0 Å². The summed E-state index contributed by atoms with van der Waals surface area (Å²) in [5.74, 6) is 0. The molecule has 0 unspecified atom stereocenters. The minimum absolute atomic E-state index is 0.145. The minimum Gasteiger partial charge on any atom is -0.309 e. The van der Waals surface area contributed by atoms with Crippen molar-refractivity contribution in [2.24, 2.45) is 0 Å². The van der Waals surface area contributed by atoms with E-state index in [0.717, 1.165) is 106 Å². The van der Waals surface area contributed by atoms with E-state index in [9.17, 15) is 0 Å². The molecule has 0 amide bonds. The molecule has 0 radical (unpaired) electrons. The second kappa shape index (κ2) is 27.4. The summed E-state index contributed by atoms with van der Waals surface area (Å²) in [4.78, 5) is 5.20. The largest absolute Gasteiger partial charge is 0.309 e. The third-order valence-electron chi connectivity index (χ3n) is 22.1. The molecule has 0 bridgehead atoms. The third kappa shape index (κ3) is 12.0. The average Bonchev–Trinajstić information content (AvgIpc) is 0.955. The fraction of sp³-hybridized carbons (Fsp3) is 0.140. The van der Waals surface area contributed by atoms with Gasteiger partial charge < -0.3 is 18.9 Å². The summed E-state index contributed by atoms with van der Waals surface area (Å²) in [7, 11) is 0. The normalized spacial score (nSPS) is 12.0. The van der Waals surface area contributed by atoms with Crippen LogP contribution in [0.2, 0.25) is 0 Å². The van der Waals surface area contributed by atoms with E-state index in [2.05, 4.69) is 400 Å². The van der Waals surface area contributed by atoms with Crippen LogP contribution in [-0.2, 0) is 10.8 Å². The van der Waals surface area contributed by atoms with Crippen LogP contribution in [0.1, 0.15) is 91.2 Å². The Kier molecular flexibility index (Phi) is 17.2. The Hall–Kier alpha value is -12.0. The molecule has 0 fully saturated rings. The molecule has 15 aromatic carbocycles. The number of nitrogens with zero attached hydrogens (tertiary/aromatic N) is 4. The van der Waals surface area contributed by atoms with Crippen molar-refractivity contribution in [3.63, 3.8) is 0 Å². The summed E-state index contributed by atoms with van der Waals surface area (Å²) >= 11 is 0. The predicted molar refractivity (Wildman–Crippen MR) is 446 cm³/mol. The van der Waals surface area contributed by atoms with Crippen LogP contribution < -0.4 is 9.80 Å². The Balaban J connectivity index is 0.953. The van der Waals surface area contributed by atoms with Crippen LogP contribution in [0.4, 0.5) is 34.1 Å². The molecule has 0 saturated carbocycles. The molecule has 0 aliphatic heterocycles. The zero-order valence-electron chi connectivity index (χ0n) is 60.4. The van der Waals surface area contributed by atoms with E-state index in [1.165, 1.54) is 98.9 Å².